The van der Waals surface area contributed by atoms with Crippen LogP contribution in [0.5, 0.6) is 0 Å². The Morgan fingerprint density at radius 3 is 2.21 bits per heavy atom. The monoisotopic (exact) mass is 367 g/mol. The summed E-state index contributed by atoms with van der Waals surface area (Å²) < 4.78 is 64.1. The lowest BCUT2D eigenvalue weighted by Gasteiger charge is -2.34. The van der Waals surface area contributed by atoms with Gasteiger partial charge in [-0.05, 0) is 6.92 Å². The van der Waals surface area contributed by atoms with Crippen molar-refractivity contribution in [3.8, 4) is 0 Å². The number of halogens is 3. The summed E-state index contributed by atoms with van der Waals surface area (Å²) in [6.45, 7) is 2.45. The molecule has 0 N–H and O–H groups in total. The fourth-order valence-electron chi connectivity index (χ4n) is 2.29. The highest BCUT2D eigenvalue weighted by Gasteiger charge is 2.35. The quantitative estimate of drug-likeness (QED) is 0.792. The third-order valence-electron chi connectivity index (χ3n) is 3.73. The predicted octanol–water partition coefficient (Wildman–Crippen LogP) is 1.03. The summed E-state index contributed by atoms with van der Waals surface area (Å²) in [5, 5.41) is 0. The Labute approximate surface area is 139 Å². The number of rotatable bonds is 4. The average Bonchev–Trinajstić information content (AvgIpc) is 2.53. The summed E-state index contributed by atoms with van der Waals surface area (Å²) in [5.74, 6) is 0.107. The molecule has 24 heavy (non-hydrogen) atoms. The van der Waals surface area contributed by atoms with Gasteiger partial charge in [-0.3, -0.25) is 0 Å². The molecule has 1 aromatic rings. The first-order chi connectivity index (χ1) is 11.0. The van der Waals surface area contributed by atoms with Crippen LogP contribution in [0.4, 0.5) is 24.9 Å². The first kappa shape index (κ1) is 18.7. The summed E-state index contributed by atoms with van der Waals surface area (Å²) in [6, 6.07) is 0.890. The molecule has 0 bridgehead atoms. The van der Waals surface area contributed by atoms with E-state index in [1.54, 1.807) is 25.9 Å². The van der Waals surface area contributed by atoms with Gasteiger partial charge in [0.2, 0.25) is 16.0 Å². The van der Waals surface area contributed by atoms with Crippen LogP contribution >= 0.6 is 0 Å². The molecule has 0 atom stereocenters. The van der Waals surface area contributed by atoms with Crippen molar-refractivity contribution >= 4 is 21.8 Å². The highest BCUT2D eigenvalue weighted by molar-refractivity contribution is 7.89. The second-order valence-electron chi connectivity index (χ2n) is 5.59. The van der Waals surface area contributed by atoms with Crippen LogP contribution in [0.1, 0.15) is 12.6 Å². The number of hydrogen-bond donors (Lipinski definition) is 0. The second kappa shape index (κ2) is 6.71. The maximum absolute atomic E-state index is 13.0. The summed E-state index contributed by atoms with van der Waals surface area (Å²) >= 11 is 0. The number of aromatic nitrogens is 2. The van der Waals surface area contributed by atoms with Gasteiger partial charge >= 0.3 is 6.18 Å². The standard InChI is InChI=1S/C13H20F3N5O2S/c1-4-24(22,23)21-7-5-20(6-8-21)12-17-10(13(14,15)16)9-11(18-12)19(2)3/h9H,4-8H2,1-3H3. The van der Waals surface area contributed by atoms with E-state index < -0.39 is 21.9 Å². The Bertz CT molecular complexity index is 685. The Kier molecular flexibility index (Phi) is 5.23. The topological polar surface area (TPSA) is 69.6 Å². The molecule has 2 heterocycles. The van der Waals surface area contributed by atoms with Crippen molar-refractivity contribution in [2.45, 2.75) is 13.1 Å². The summed E-state index contributed by atoms with van der Waals surface area (Å²) in [6.07, 6.45) is -4.57. The number of anilines is 2. The smallest absolute Gasteiger partial charge is 0.363 e. The lowest BCUT2D eigenvalue weighted by molar-refractivity contribution is -0.141. The number of nitrogens with zero attached hydrogens (tertiary/aromatic N) is 5. The molecule has 0 saturated carbocycles. The van der Waals surface area contributed by atoms with Crippen molar-refractivity contribution in [2.75, 3.05) is 55.8 Å². The summed E-state index contributed by atoms with van der Waals surface area (Å²) in [7, 11) is -0.112. The molecule has 2 rings (SSSR count). The lowest BCUT2D eigenvalue weighted by atomic mass is 10.3. The molecule has 1 aliphatic rings. The van der Waals surface area contributed by atoms with Crippen molar-refractivity contribution in [3.63, 3.8) is 0 Å². The van der Waals surface area contributed by atoms with E-state index in [4.69, 9.17) is 0 Å². The third-order valence-corrected chi connectivity index (χ3v) is 5.61. The zero-order valence-corrected chi connectivity index (χ0v) is 14.5. The van der Waals surface area contributed by atoms with Gasteiger partial charge in [0.15, 0.2) is 5.69 Å². The van der Waals surface area contributed by atoms with Crippen LogP contribution in [-0.2, 0) is 16.2 Å². The van der Waals surface area contributed by atoms with Gasteiger partial charge in [0.25, 0.3) is 0 Å². The maximum Gasteiger partial charge on any atom is 0.433 e. The van der Waals surface area contributed by atoms with Crippen LogP contribution in [0.25, 0.3) is 0 Å². The molecule has 7 nitrogen and oxygen atoms in total. The van der Waals surface area contributed by atoms with Crippen molar-refractivity contribution < 1.29 is 21.6 Å². The molecule has 1 fully saturated rings. The maximum atomic E-state index is 13.0. The number of hydrogen-bond acceptors (Lipinski definition) is 6. The van der Waals surface area contributed by atoms with E-state index in [1.165, 1.54) is 9.21 Å². The third kappa shape index (κ3) is 4.07. The average molecular weight is 367 g/mol. The Balaban J connectivity index is 2.25. The Morgan fingerprint density at radius 1 is 1.17 bits per heavy atom. The van der Waals surface area contributed by atoms with E-state index >= 15 is 0 Å². The van der Waals surface area contributed by atoms with Crippen molar-refractivity contribution in [1.82, 2.24) is 14.3 Å². The fourth-order valence-corrected chi connectivity index (χ4v) is 3.37. The number of sulfonamides is 1. The van der Waals surface area contributed by atoms with Gasteiger partial charge in [-0.25, -0.2) is 13.4 Å². The van der Waals surface area contributed by atoms with Crippen LogP contribution in [0.2, 0.25) is 0 Å². The van der Waals surface area contributed by atoms with Gasteiger partial charge in [-0.15, -0.1) is 0 Å². The minimum absolute atomic E-state index is 0.00215. The minimum Gasteiger partial charge on any atom is -0.363 e. The Morgan fingerprint density at radius 2 is 1.75 bits per heavy atom. The SMILES string of the molecule is CCS(=O)(=O)N1CCN(c2nc(N(C)C)cc(C(F)(F)F)n2)CC1. The molecule has 0 unspecified atom stereocenters. The van der Waals surface area contributed by atoms with Gasteiger partial charge in [0.05, 0.1) is 5.75 Å². The highest BCUT2D eigenvalue weighted by atomic mass is 32.2. The first-order valence-electron chi connectivity index (χ1n) is 7.41. The molecular formula is C13H20F3N5O2S. The zero-order chi connectivity index (χ0) is 18.1. The van der Waals surface area contributed by atoms with Gasteiger partial charge in [-0.1, -0.05) is 0 Å². The molecule has 1 saturated heterocycles. The molecule has 1 aromatic heterocycles. The molecular weight excluding hydrogens is 347 g/mol. The van der Waals surface area contributed by atoms with Crippen LogP contribution in [0.15, 0.2) is 6.07 Å². The lowest BCUT2D eigenvalue weighted by Crippen LogP contribution is -2.49. The van der Waals surface area contributed by atoms with Gasteiger partial charge in [-0.2, -0.15) is 22.5 Å². The van der Waals surface area contributed by atoms with Crippen molar-refractivity contribution in [1.29, 1.82) is 0 Å². The minimum atomic E-state index is -4.57. The molecule has 0 amide bonds. The normalized spacial score (nSPS) is 17.2. The van der Waals surface area contributed by atoms with E-state index in [0.717, 1.165) is 6.07 Å². The molecule has 1 aliphatic heterocycles. The van der Waals surface area contributed by atoms with Crippen molar-refractivity contribution in [2.24, 2.45) is 0 Å². The van der Waals surface area contributed by atoms with Crippen LogP contribution in [0, 0.1) is 0 Å². The van der Waals surface area contributed by atoms with E-state index in [0.29, 0.717) is 0 Å². The largest absolute Gasteiger partial charge is 0.433 e. The van der Waals surface area contributed by atoms with E-state index in [2.05, 4.69) is 9.97 Å². The molecule has 0 aromatic carbocycles. The van der Waals surface area contributed by atoms with Crippen LogP contribution < -0.4 is 9.80 Å². The van der Waals surface area contributed by atoms with Gasteiger partial charge < -0.3 is 9.80 Å². The molecule has 11 heteroatoms. The predicted molar refractivity (Wildman–Crippen MR) is 84.6 cm³/mol. The van der Waals surface area contributed by atoms with E-state index in [-0.39, 0.29) is 43.7 Å². The molecule has 136 valence electrons. The Hall–Kier alpha value is -1.62. The van der Waals surface area contributed by atoms with Gasteiger partial charge in [0.1, 0.15) is 5.82 Å². The van der Waals surface area contributed by atoms with Gasteiger partial charge in [0, 0.05) is 46.3 Å². The summed E-state index contributed by atoms with van der Waals surface area (Å²) in [5.41, 5.74) is -1.01. The fraction of sp³-hybridized carbons (Fsp3) is 0.692. The highest BCUT2D eigenvalue weighted by Crippen LogP contribution is 2.31. The number of alkyl halides is 3. The van der Waals surface area contributed by atoms with E-state index in [9.17, 15) is 21.6 Å². The zero-order valence-electron chi connectivity index (χ0n) is 13.7. The number of piperazine rings is 1. The molecule has 0 spiro atoms. The van der Waals surface area contributed by atoms with E-state index in [1.807, 2.05) is 0 Å². The molecule has 0 aliphatic carbocycles. The van der Waals surface area contributed by atoms with Crippen LogP contribution in [0.3, 0.4) is 0 Å². The first-order valence-corrected chi connectivity index (χ1v) is 9.02. The summed E-state index contributed by atoms with van der Waals surface area (Å²) in [4.78, 5) is 10.8. The second-order valence-corrected chi connectivity index (χ2v) is 7.85. The molecule has 0 radical (unpaired) electrons. The van der Waals surface area contributed by atoms with Crippen LogP contribution in [-0.4, -0.2) is 68.7 Å². The van der Waals surface area contributed by atoms with Crippen molar-refractivity contribution in [3.05, 3.63) is 11.8 Å².